The molecule has 0 amide bonds. The van der Waals surface area contributed by atoms with Gasteiger partial charge in [0.25, 0.3) is 0 Å². The zero-order chi connectivity index (χ0) is 11.5. The van der Waals surface area contributed by atoms with E-state index in [0.717, 1.165) is 5.56 Å². The quantitative estimate of drug-likeness (QED) is 0.716. The number of benzene rings is 2. The second kappa shape index (κ2) is 4.50. The normalized spacial score (nSPS) is 10.1. The van der Waals surface area contributed by atoms with E-state index >= 15 is 0 Å². The maximum Gasteiger partial charge on any atom is 0.193 e. The Kier molecular flexibility index (Phi) is 3.07. The van der Waals surface area contributed by atoms with Crippen LogP contribution in [0.2, 0.25) is 5.02 Å². The molecule has 2 aromatic carbocycles. The first kappa shape index (κ1) is 10.9. The molecule has 2 heteroatoms. The van der Waals surface area contributed by atoms with Gasteiger partial charge in [-0.15, -0.1) is 0 Å². The van der Waals surface area contributed by atoms with Crippen molar-refractivity contribution in [1.29, 1.82) is 0 Å². The Balaban J connectivity index is 2.42. The number of rotatable bonds is 2. The lowest BCUT2D eigenvalue weighted by Gasteiger charge is -2.03. The van der Waals surface area contributed by atoms with Crippen LogP contribution in [0.3, 0.4) is 0 Å². The van der Waals surface area contributed by atoms with E-state index in [9.17, 15) is 4.79 Å². The highest BCUT2D eigenvalue weighted by Gasteiger charge is 2.09. The van der Waals surface area contributed by atoms with Gasteiger partial charge in [-0.25, -0.2) is 0 Å². The number of carbonyl (C=O) groups excluding carboxylic acids is 1. The highest BCUT2D eigenvalue weighted by atomic mass is 35.5. The van der Waals surface area contributed by atoms with E-state index < -0.39 is 0 Å². The third-order valence-electron chi connectivity index (χ3n) is 2.34. The first-order valence-electron chi connectivity index (χ1n) is 5.04. The zero-order valence-corrected chi connectivity index (χ0v) is 9.66. The van der Waals surface area contributed by atoms with Crippen LogP contribution in [0.15, 0.2) is 48.5 Å². The molecular formula is C14H11ClO. The molecule has 0 unspecified atom stereocenters. The predicted octanol–water partition coefficient (Wildman–Crippen LogP) is 3.88. The second-order valence-corrected chi connectivity index (χ2v) is 4.15. The molecule has 0 N–H and O–H groups in total. The second-order valence-electron chi connectivity index (χ2n) is 3.71. The van der Waals surface area contributed by atoms with Crippen molar-refractivity contribution in [3.63, 3.8) is 0 Å². The van der Waals surface area contributed by atoms with Gasteiger partial charge in [-0.1, -0.05) is 41.9 Å². The van der Waals surface area contributed by atoms with E-state index in [1.807, 2.05) is 37.3 Å². The number of hydrogen-bond acceptors (Lipinski definition) is 1. The summed E-state index contributed by atoms with van der Waals surface area (Å²) >= 11 is 5.93. The van der Waals surface area contributed by atoms with E-state index in [1.54, 1.807) is 18.2 Å². The molecule has 2 rings (SSSR count). The minimum atomic E-state index is 0.00574. The lowest BCUT2D eigenvalue weighted by Crippen LogP contribution is -2.01. The monoisotopic (exact) mass is 230 g/mol. The molecule has 0 aliphatic heterocycles. The van der Waals surface area contributed by atoms with Gasteiger partial charge in [0.05, 0.1) is 0 Å². The van der Waals surface area contributed by atoms with E-state index in [4.69, 9.17) is 11.6 Å². The molecule has 0 radical (unpaired) electrons. The smallest absolute Gasteiger partial charge is 0.193 e. The average molecular weight is 231 g/mol. The van der Waals surface area contributed by atoms with Crippen LogP contribution in [-0.2, 0) is 0 Å². The van der Waals surface area contributed by atoms with Gasteiger partial charge in [0, 0.05) is 16.1 Å². The molecule has 0 saturated carbocycles. The summed E-state index contributed by atoms with van der Waals surface area (Å²) in [5.41, 5.74) is 2.31. The molecule has 0 aromatic heterocycles. The van der Waals surface area contributed by atoms with Gasteiger partial charge in [0.15, 0.2) is 5.78 Å². The summed E-state index contributed by atoms with van der Waals surface area (Å²) in [5.74, 6) is 0.00574. The lowest BCUT2D eigenvalue weighted by atomic mass is 10.0. The third-order valence-corrected chi connectivity index (χ3v) is 2.56. The number of halogens is 1. The SMILES string of the molecule is Cc1cc(Cl)cc(C(=O)c2ccccc2)c1. The van der Waals surface area contributed by atoms with Crippen LogP contribution in [0.5, 0.6) is 0 Å². The van der Waals surface area contributed by atoms with Crippen molar-refractivity contribution in [2.45, 2.75) is 6.92 Å². The van der Waals surface area contributed by atoms with Gasteiger partial charge in [-0.2, -0.15) is 0 Å². The van der Waals surface area contributed by atoms with Crippen molar-refractivity contribution in [2.75, 3.05) is 0 Å². The first-order valence-corrected chi connectivity index (χ1v) is 5.41. The summed E-state index contributed by atoms with van der Waals surface area (Å²) in [6.45, 7) is 1.92. The fourth-order valence-electron chi connectivity index (χ4n) is 1.62. The molecule has 1 nitrogen and oxygen atoms in total. The molecule has 16 heavy (non-hydrogen) atoms. The van der Waals surface area contributed by atoms with Crippen molar-refractivity contribution in [2.24, 2.45) is 0 Å². The highest BCUT2D eigenvalue weighted by Crippen LogP contribution is 2.17. The standard InChI is InChI=1S/C14H11ClO/c1-10-7-12(9-13(15)8-10)14(16)11-5-3-2-4-6-11/h2-9H,1H3. The van der Waals surface area contributed by atoms with Crippen LogP contribution in [0.4, 0.5) is 0 Å². The van der Waals surface area contributed by atoms with Gasteiger partial charge in [0.1, 0.15) is 0 Å². The number of carbonyl (C=O) groups is 1. The predicted molar refractivity (Wildman–Crippen MR) is 66.1 cm³/mol. The van der Waals surface area contributed by atoms with Crippen molar-refractivity contribution >= 4 is 17.4 Å². The van der Waals surface area contributed by atoms with Gasteiger partial charge >= 0.3 is 0 Å². The van der Waals surface area contributed by atoms with Gasteiger partial charge < -0.3 is 0 Å². The first-order chi connectivity index (χ1) is 7.66. The molecular weight excluding hydrogens is 220 g/mol. The van der Waals surface area contributed by atoms with E-state index in [2.05, 4.69) is 0 Å². The highest BCUT2D eigenvalue weighted by molar-refractivity contribution is 6.31. The van der Waals surface area contributed by atoms with Gasteiger partial charge in [-0.3, -0.25) is 4.79 Å². The summed E-state index contributed by atoms with van der Waals surface area (Å²) in [6, 6.07) is 14.6. The zero-order valence-electron chi connectivity index (χ0n) is 8.91. The summed E-state index contributed by atoms with van der Waals surface area (Å²) in [5, 5.41) is 0.597. The maximum absolute atomic E-state index is 12.1. The molecule has 0 aliphatic carbocycles. The van der Waals surface area contributed by atoms with E-state index in [-0.39, 0.29) is 5.78 Å². The van der Waals surface area contributed by atoms with Crippen LogP contribution >= 0.6 is 11.6 Å². The molecule has 0 heterocycles. The van der Waals surface area contributed by atoms with E-state index in [1.165, 1.54) is 0 Å². The number of aryl methyl sites for hydroxylation is 1. The van der Waals surface area contributed by atoms with E-state index in [0.29, 0.717) is 16.1 Å². The van der Waals surface area contributed by atoms with Crippen molar-refractivity contribution in [3.05, 3.63) is 70.2 Å². The van der Waals surface area contributed by atoms with Crippen LogP contribution in [0.1, 0.15) is 21.5 Å². The van der Waals surface area contributed by atoms with Crippen molar-refractivity contribution < 1.29 is 4.79 Å². The Bertz CT molecular complexity index is 497. The molecule has 80 valence electrons. The Morgan fingerprint density at radius 2 is 1.69 bits per heavy atom. The molecule has 0 atom stereocenters. The summed E-state index contributed by atoms with van der Waals surface area (Å²) in [6.07, 6.45) is 0. The number of hydrogen-bond donors (Lipinski definition) is 0. The molecule has 2 aromatic rings. The summed E-state index contributed by atoms with van der Waals surface area (Å²) < 4.78 is 0. The maximum atomic E-state index is 12.1. The Hall–Kier alpha value is -1.60. The lowest BCUT2D eigenvalue weighted by molar-refractivity contribution is 0.103. The molecule has 0 aliphatic rings. The number of ketones is 1. The Morgan fingerprint density at radius 3 is 2.31 bits per heavy atom. The third kappa shape index (κ3) is 2.31. The minimum Gasteiger partial charge on any atom is -0.289 e. The fraction of sp³-hybridized carbons (Fsp3) is 0.0714. The van der Waals surface area contributed by atoms with Gasteiger partial charge in [-0.05, 0) is 30.7 Å². The Morgan fingerprint density at radius 1 is 1.00 bits per heavy atom. The van der Waals surface area contributed by atoms with Crippen LogP contribution in [-0.4, -0.2) is 5.78 Å². The molecule has 0 saturated heterocycles. The summed E-state index contributed by atoms with van der Waals surface area (Å²) in [7, 11) is 0. The Labute approximate surface area is 99.7 Å². The van der Waals surface area contributed by atoms with Crippen molar-refractivity contribution in [3.8, 4) is 0 Å². The fourth-order valence-corrected chi connectivity index (χ4v) is 1.91. The minimum absolute atomic E-state index is 0.00574. The van der Waals surface area contributed by atoms with Crippen LogP contribution < -0.4 is 0 Å². The van der Waals surface area contributed by atoms with Crippen LogP contribution in [0.25, 0.3) is 0 Å². The van der Waals surface area contributed by atoms with Crippen molar-refractivity contribution in [1.82, 2.24) is 0 Å². The largest absolute Gasteiger partial charge is 0.289 e. The molecule has 0 bridgehead atoms. The topological polar surface area (TPSA) is 17.1 Å². The molecule has 0 spiro atoms. The van der Waals surface area contributed by atoms with Gasteiger partial charge in [0.2, 0.25) is 0 Å². The van der Waals surface area contributed by atoms with Crippen LogP contribution in [0, 0.1) is 6.92 Å². The molecule has 0 fully saturated rings. The summed E-state index contributed by atoms with van der Waals surface area (Å²) in [4.78, 5) is 12.1. The average Bonchev–Trinajstić information content (AvgIpc) is 2.28.